The van der Waals surface area contributed by atoms with Crippen LogP contribution in [0.4, 0.5) is 5.82 Å². The van der Waals surface area contributed by atoms with Gasteiger partial charge in [-0.1, -0.05) is 0 Å². The van der Waals surface area contributed by atoms with Crippen LogP contribution in [0, 0.1) is 5.92 Å². The Morgan fingerprint density at radius 2 is 2.08 bits per heavy atom. The molecule has 130 valence electrons. The summed E-state index contributed by atoms with van der Waals surface area (Å²) in [4.78, 5) is 20.8. The molecule has 0 aromatic carbocycles. The first-order valence-electron chi connectivity index (χ1n) is 8.67. The number of piperidine rings is 1. The fourth-order valence-electron chi connectivity index (χ4n) is 3.78. The Balaban J connectivity index is 1.42. The molecule has 2 fully saturated rings. The van der Waals surface area contributed by atoms with E-state index >= 15 is 0 Å². The second-order valence-corrected chi connectivity index (χ2v) is 6.64. The van der Waals surface area contributed by atoms with Crippen molar-refractivity contribution in [2.24, 2.45) is 5.92 Å². The van der Waals surface area contributed by atoms with Crippen molar-refractivity contribution >= 4 is 17.0 Å². The Morgan fingerprint density at radius 1 is 1.21 bits per heavy atom. The Morgan fingerprint density at radius 3 is 2.92 bits per heavy atom. The number of aliphatic hydroxyl groups is 1. The summed E-state index contributed by atoms with van der Waals surface area (Å²) in [6, 6.07) is 0.552. The van der Waals surface area contributed by atoms with Crippen molar-refractivity contribution in [3.63, 3.8) is 0 Å². The van der Waals surface area contributed by atoms with Gasteiger partial charge in [-0.2, -0.15) is 0 Å². The van der Waals surface area contributed by atoms with E-state index in [1.54, 1.807) is 12.7 Å². The topological polar surface area (TPSA) is 90.4 Å². The molecule has 0 spiro atoms. The van der Waals surface area contributed by atoms with Crippen LogP contribution >= 0.6 is 0 Å². The molecule has 1 unspecified atom stereocenters. The molecule has 0 bridgehead atoms. The minimum atomic E-state index is 0.202. The van der Waals surface area contributed by atoms with Gasteiger partial charge in [0.25, 0.3) is 0 Å². The van der Waals surface area contributed by atoms with E-state index in [0.717, 1.165) is 62.6 Å². The van der Waals surface area contributed by atoms with Crippen LogP contribution in [0.25, 0.3) is 11.2 Å². The average molecular weight is 332 g/mol. The first-order chi connectivity index (χ1) is 11.8. The Labute approximate surface area is 140 Å². The number of anilines is 1. The summed E-state index contributed by atoms with van der Waals surface area (Å²) in [6.07, 6.45) is 5.44. The molecule has 2 aliphatic heterocycles. The molecule has 0 aliphatic carbocycles. The summed E-state index contributed by atoms with van der Waals surface area (Å²) < 4.78 is 5.61. The van der Waals surface area contributed by atoms with E-state index in [-0.39, 0.29) is 12.5 Å². The fourth-order valence-corrected chi connectivity index (χ4v) is 3.78. The second-order valence-electron chi connectivity index (χ2n) is 6.64. The molecule has 4 heterocycles. The molecule has 0 amide bonds. The van der Waals surface area contributed by atoms with Gasteiger partial charge in [0.2, 0.25) is 0 Å². The van der Waals surface area contributed by atoms with Crippen LogP contribution in [0.15, 0.2) is 12.7 Å². The molecule has 8 heteroatoms. The highest BCUT2D eigenvalue weighted by Gasteiger charge is 2.29. The van der Waals surface area contributed by atoms with Gasteiger partial charge in [-0.3, -0.25) is 4.90 Å². The minimum absolute atomic E-state index is 0.202. The van der Waals surface area contributed by atoms with Crippen LogP contribution in [0.1, 0.15) is 12.8 Å². The van der Waals surface area contributed by atoms with Gasteiger partial charge in [0.15, 0.2) is 11.5 Å². The monoisotopic (exact) mass is 332 g/mol. The van der Waals surface area contributed by atoms with Gasteiger partial charge < -0.3 is 19.7 Å². The highest BCUT2D eigenvalue weighted by atomic mass is 16.5. The van der Waals surface area contributed by atoms with Crippen molar-refractivity contribution in [3.8, 4) is 0 Å². The van der Waals surface area contributed by atoms with E-state index in [0.29, 0.717) is 12.6 Å². The summed E-state index contributed by atoms with van der Waals surface area (Å²) in [5, 5.41) is 9.46. The lowest BCUT2D eigenvalue weighted by molar-refractivity contribution is 0.0955. The van der Waals surface area contributed by atoms with Gasteiger partial charge in [0, 0.05) is 44.7 Å². The summed E-state index contributed by atoms with van der Waals surface area (Å²) in [6.45, 7) is 5.46. The Bertz CT molecular complexity index is 669. The molecule has 1 atom stereocenters. The molecule has 2 saturated heterocycles. The Hall–Kier alpha value is -1.77. The highest BCUT2D eigenvalue weighted by molar-refractivity contribution is 5.82. The first kappa shape index (κ1) is 15.7. The predicted octanol–water partition coefficient (Wildman–Crippen LogP) is 0.262. The number of rotatable bonds is 3. The molecule has 8 nitrogen and oxygen atoms in total. The fraction of sp³-hybridized carbons (Fsp3) is 0.688. The SMILES string of the molecule is OCC1COCCN(C2CCN(c3ncnc4nc[nH]c34)CC2)C1. The lowest BCUT2D eigenvalue weighted by Crippen LogP contribution is -2.47. The van der Waals surface area contributed by atoms with Crippen LogP contribution in [0.3, 0.4) is 0 Å². The van der Waals surface area contributed by atoms with Crippen LogP contribution in [0.2, 0.25) is 0 Å². The number of hydrogen-bond donors (Lipinski definition) is 2. The number of imidazole rings is 1. The number of H-pyrrole nitrogens is 1. The third kappa shape index (κ3) is 3.09. The van der Waals surface area contributed by atoms with E-state index in [1.807, 2.05) is 0 Å². The lowest BCUT2D eigenvalue weighted by atomic mass is 10.0. The smallest absolute Gasteiger partial charge is 0.182 e. The molecule has 2 aromatic heterocycles. The van der Waals surface area contributed by atoms with Crippen LogP contribution in [0.5, 0.6) is 0 Å². The number of fused-ring (bicyclic) bond motifs is 1. The number of ether oxygens (including phenoxy) is 1. The van der Waals surface area contributed by atoms with Gasteiger partial charge in [0.1, 0.15) is 11.8 Å². The largest absolute Gasteiger partial charge is 0.396 e. The van der Waals surface area contributed by atoms with Crippen LogP contribution < -0.4 is 4.90 Å². The number of aromatic nitrogens is 4. The van der Waals surface area contributed by atoms with E-state index in [4.69, 9.17) is 4.74 Å². The summed E-state index contributed by atoms with van der Waals surface area (Å²) in [5.41, 5.74) is 1.64. The van der Waals surface area contributed by atoms with Crippen molar-refractivity contribution < 1.29 is 9.84 Å². The van der Waals surface area contributed by atoms with Gasteiger partial charge in [0.05, 0.1) is 19.5 Å². The van der Waals surface area contributed by atoms with E-state index in [9.17, 15) is 5.11 Å². The minimum Gasteiger partial charge on any atom is -0.396 e. The van der Waals surface area contributed by atoms with E-state index in [2.05, 4.69) is 29.7 Å². The zero-order chi connectivity index (χ0) is 16.4. The van der Waals surface area contributed by atoms with Crippen molar-refractivity contribution in [1.82, 2.24) is 24.8 Å². The van der Waals surface area contributed by atoms with Crippen molar-refractivity contribution in [3.05, 3.63) is 12.7 Å². The van der Waals surface area contributed by atoms with Crippen molar-refractivity contribution in [1.29, 1.82) is 0 Å². The van der Waals surface area contributed by atoms with Crippen molar-refractivity contribution in [2.45, 2.75) is 18.9 Å². The molecule has 24 heavy (non-hydrogen) atoms. The van der Waals surface area contributed by atoms with E-state index in [1.165, 1.54) is 0 Å². The summed E-state index contributed by atoms with van der Waals surface area (Å²) in [7, 11) is 0. The first-order valence-corrected chi connectivity index (χ1v) is 8.67. The molecule has 0 saturated carbocycles. The third-order valence-corrected chi connectivity index (χ3v) is 5.11. The zero-order valence-corrected chi connectivity index (χ0v) is 13.8. The average Bonchev–Trinajstić information content (AvgIpc) is 2.99. The number of nitrogens with one attached hydrogen (secondary N) is 1. The van der Waals surface area contributed by atoms with Crippen LogP contribution in [-0.2, 0) is 4.74 Å². The molecule has 0 radical (unpaired) electrons. The number of aliphatic hydroxyl groups excluding tert-OH is 1. The van der Waals surface area contributed by atoms with Gasteiger partial charge in [-0.15, -0.1) is 0 Å². The van der Waals surface area contributed by atoms with Gasteiger partial charge in [-0.25, -0.2) is 15.0 Å². The zero-order valence-electron chi connectivity index (χ0n) is 13.8. The molecule has 4 rings (SSSR count). The van der Waals surface area contributed by atoms with E-state index < -0.39 is 0 Å². The standard InChI is InChI=1S/C16H24N6O2/c23-8-12-7-22(5-6-24-9-12)13-1-3-21(4-2-13)16-14-15(18-10-17-14)19-11-20-16/h10-13,23H,1-9H2,(H,17,18,19,20). The number of aromatic amines is 1. The number of nitrogens with zero attached hydrogens (tertiary/aromatic N) is 5. The van der Waals surface area contributed by atoms with Crippen molar-refractivity contribution in [2.75, 3.05) is 50.9 Å². The van der Waals surface area contributed by atoms with Gasteiger partial charge in [-0.05, 0) is 12.8 Å². The Kier molecular flexibility index (Phi) is 4.59. The second kappa shape index (κ2) is 7.00. The molecule has 2 aliphatic rings. The third-order valence-electron chi connectivity index (χ3n) is 5.11. The molecule has 2 aromatic rings. The molecule has 2 N–H and O–H groups in total. The lowest BCUT2D eigenvalue weighted by Gasteiger charge is -2.39. The predicted molar refractivity (Wildman–Crippen MR) is 89.9 cm³/mol. The summed E-state index contributed by atoms with van der Waals surface area (Å²) >= 11 is 0. The molecular weight excluding hydrogens is 308 g/mol. The quantitative estimate of drug-likeness (QED) is 0.833. The normalized spacial score (nSPS) is 24.4. The van der Waals surface area contributed by atoms with Gasteiger partial charge >= 0.3 is 0 Å². The summed E-state index contributed by atoms with van der Waals surface area (Å²) in [5.74, 6) is 1.18. The number of hydrogen-bond acceptors (Lipinski definition) is 7. The van der Waals surface area contributed by atoms with Crippen LogP contribution in [-0.4, -0.2) is 82.0 Å². The maximum Gasteiger partial charge on any atom is 0.182 e. The highest BCUT2D eigenvalue weighted by Crippen LogP contribution is 2.26. The molecular formula is C16H24N6O2. The maximum atomic E-state index is 9.46. The maximum absolute atomic E-state index is 9.46.